The molecular weight excluding hydrogens is 542 g/mol. The van der Waals surface area contributed by atoms with E-state index in [-0.39, 0.29) is 27.3 Å². The predicted molar refractivity (Wildman–Crippen MR) is 23.4 cm³/mol. The molecule has 0 aromatic rings. The molecule has 0 aliphatic rings. The summed E-state index contributed by atoms with van der Waals surface area (Å²) in [4.78, 5) is 0. The van der Waals surface area contributed by atoms with Gasteiger partial charge in [0, 0.05) is 10.4 Å². The van der Waals surface area contributed by atoms with Gasteiger partial charge in [-0.3, -0.25) is 8.42 Å². The molecule has 0 aliphatic carbocycles. The molecule has 0 N–H and O–H groups in total. The fourth-order valence-corrected chi connectivity index (χ4v) is 0. The van der Waals surface area contributed by atoms with Crippen molar-refractivity contribution in [2.24, 2.45) is 0 Å². The van der Waals surface area contributed by atoms with Crippen LogP contribution in [0.1, 0.15) is 0 Å². The number of hydrogen-bond acceptors (Lipinski definition) is 6. The summed E-state index contributed by atoms with van der Waals surface area (Å²) in [6.07, 6.45) is 0. The summed E-state index contributed by atoms with van der Waals surface area (Å²) in [5, 5.41) is 0. The van der Waals surface area contributed by atoms with Crippen molar-refractivity contribution in [2.45, 2.75) is 0 Å². The van der Waals surface area contributed by atoms with E-state index in [1.54, 1.807) is 0 Å². The molecule has 9 heavy (non-hydrogen) atoms. The first-order valence-electron chi connectivity index (χ1n) is 1.07. The van der Waals surface area contributed by atoms with Gasteiger partial charge in [0.2, 0.25) is 0 Å². The standard InChI is InChI=1S/H2O4S.2O.2Pb/c1-5(2,3)4;;;;/h(H2,1,2,3,4);;;;/q;;;;+2/p-2. The Hall–Kier alpha value is 1.31. The smallest absolute Gasteiger partial charge is 2.00 e. The first-order valence-corrected chi connectivity index (χ1v) is 5.58. The Kier molecular flexibility index (Phi) is 17.3. The quantitative estimate of drug-likeness (QED) is 0.193. The molecule has 0 heterocycles. The molecule has 50 valence electrons. The second kappa shape index (κ2) is 9.31. The second-order valence-corrected chi connectivity index (χ2v) is 1.96. The van der Waals surface area contributed by atoms with Gasteiger partial charge in [0.05, 0.1) is 0 Å². The molecule has 0 aromatic carbocycles. The summed E-state index contributed by atoms with van der Waals surface area (Å²) in [6.45, 7) is 0. The van der Waals surface area contributed by atoms with E-state index in [1.165, 1.54) is 0 Å². The maximum atomic E-state index is 8.57. The van der Waals surface area contributed by atoms with E-state index < -0.39 is 34.7 Å². The van der Waals surface area contributed by atoms with Crippen LogP contribution in [0.3, 0.4) is 0 Å². The topological polar surface area (TPSA) is 114 Å². The number of rotatable bonds is 0. The molecule has 2 radical (unpaired) electrons. The Morgan fingerprint density at radius 2 is 1.11 bits per heavy atom. The maximum absolute atomic E-state index is 8.57. The summed E-state index contributed by atoms with van der Waals surface area (Å²) >= 11 is -2.42. The SMILES string of the molecule is O=S(=O)([O-])[O-].[O]=[Pb]=[O].[Pb+2]. The summed E-state index contributed by atoms with van der Waals surface area (Å²) in [5.41, 5.74) is 0. The van der Waals surface area contributed by atoms with Crippen molar-refractivity contribution in [1.29, 1.82) is 0 Å². The van der Waals surface area contributed by atoms with E-state index in [0.29, 0.717) is 0 Å². The third-order valence-electron chi connectivity index (χ3n) is 0. The Bertz CT molecular complexity index is 151. The minimum atomic E-state index is -5.17. The Morgan fingerprint density at radius 3 is 1.11 bits per heavy atom. The van der Waals surface area contributed by atoms with Crippen molar-refractivity contribution >= 4 is 62.0 Å². The van der Waals surface area contributed by atoms with Gasteiger partial charge in [-0.05, 0) is 0 Å². The van der Waals surface area contributed by atoms with E-state index in [1.807, 2.05) is 0 Å². The van der Waals surface area contributed by atoms with Gasteiger partial charge in [0.25, 0.3) is 0 Å². The molecule has 0 saturated heterocycles. The minimum absolute atomic E-state index is 0. The Morgan fingerprint density at radius 1 is 1.11 bits per heavy atom. The summed E-state index contributed by atoms with van der Waals surface area (Å²) < 4.78 is 51.2. The van der Waals surface area contributed by atoms with Gasteiger partial charge >= 0.3 is 56.9 Å². The number of hydrogen-bond donors (Lipinski definition) is 0. The van der Waals surface area contributed by atoms with Crippen molar-refractivity contribution in [2.75, 3.05) is 0 Å². The van der Waals surface area contributed by atoms with E-state index in [2.05, 4.69) is 0 Å². The van der Waals surface area contributed by atoms with Gasteiger partial charge in [-0.2, -0.15) is 0 Å². The van der Waals surface area contributed by atoms with Gasteiger partial charge in [0.15, 0.2) is 0 Å². The molecule has 0 aliphatic heterocycles. The molecule has 0 rings (SSSR count). The van der Waals surface area contributed by atoms with Crippen LogP contribution in [-0.2, 0) is 15.8 Å². The third-order valence-corrected chi connectivity index (χ3v) is 0. The fraction of sp³-hybridized carbons (Fsp3) is 0. The first kappa shape index (κ1) is 16.7. The van der Waals surface area contributed by atoms with Crippen LogP contribution in [0.2, 0.25) is 0 Å². The molecule has 0 bridgehead atoms. The molecule has 0 aromatic heterocycles. The molecule has 9 heteroatoms. The molecule has 0 fully saturated rings. The van der Waals surface area contributed by atoms with Crippen LogP contribution in [-0.4, -0.2) is 69.1 Å². The average Bonchev–Trinajstić information content (AvgIpc) is 1.27. The van der Waals surface area contributed by atoms with Crippen LogP contribution >= 0.6 is 0 Å². The van der Waals surface area contributed by atoms with Crippen LogP contribution < -0.4 is 0 Å². The molecule has 6 nitrogen and oxygen atoms in total. The maximum Gasteiger partial charge on any atom is 2.00 e. The zero-order valence-corrected chi connectivity index (χ0v) is 12.4. The van der Waals surface area contributed by atoms with Crippen molar-refractivity contribution in [3.05, 3.63) is 0 Å². The molecule has 0 spiro atoms. The Balaban J connectivity index is -0.0000000800. The second-order valence-electron chi connectivity index (χ2n) is 0.492. The van der Waals surface area contributed by atoms with Crippen LogP contribution in [0.4, 0.5) is 0 Å². The van der Waals surface area contributed by atoms with Crippen molar-refractivity contribution in [3.63, 3.8) is 0 Å². The zero-order valence-electron chi connectivity index (χ0n) is 3.86. The average molecular weight is 542 g/mol. The van der Waals surface area contributed by atoms with E-state index in [0.717, 1.165) is 0 Å². The summed E-state index contributed by atoms with van der Waals surface area (Å²) in [5.74, 6) is 0. The van der Waals surface area contributed by atoms with E-state index in [9.17, 15) is 0 Å². The molecule has 0 amide bonds. The largest absolute Gasteiger partial charge is 2.00 e. The predicted octanol–water partition coefficient (Wildman–Crippen LogP) is -2.34. The van der Waals surface area contributed by atoms with Gasteiger partial charge in [-0.15, -0.1) is 0 Å². The van der Waals surface area contributed by atoms with Gasteiger partial charge in [0.1, 0.15) is 0 Å². The normalized spacial score (nSPS) is 7.33. The van der Waals surface area contributed by atoms with Gasteiger partial charge < -0.3 is 9.11 Å². The summed E-state index contributed by atoms with van der Waals surface area (Å²) in [6, 6.07) is 0. The first-order chi connectivity index (χ1) is 3.41. The van der Waals surface area contributed by atoms with Crippen LogP contribution in [0.5, 0.6) is 0 Å². The van der Waals surface area contributed by atoms with Crippen molar-refractivity contribution in [1.82, 2.24) is 0 Å². The van der Waals surface area contributed by atoms with Crippen LogP contribution in [0.15, 0.2) is 0 Å². The monoisotopic (exact) mass is 544 g/mol. The third kappa shape index (κ3) is 289. The molecule has 0 saturated carbocycles. The zero-order chi connectivity index (χ0) is 7.21. The van der Waals surface area contributed by atoms with E-state index >= 15 is 0 Å². The van der Waals surface area contributed by atoms with Gasteiger partial charge in [-0.25, -0.2) is 0 Å². The molecule has 0 unspecified atom stereocenters. The van der Waals surface area contributed by atoms with Crippen LogP contribution in [0.25, 0.3) is 0 Å². The molecular formula is O6Pb2S. The Labute approximate surface area is 83.9 Å². The fourth-order valence-electron chi connectivity index (χ4n) is 0. The minimum Gasteiger partial charge on any atom is 2.00 e. The van der Waals surface area contributed by atoms with Crippen molar-refractivity contribution < 1.29 is 22.9 Å². The van der Waals surface area contributed by atoms with Gasteiger partial charge in [-0.1, -0.05) is 0 Å². The molecule has 0 atom stereocenters. The van der Waals surface area contributed by atoms with Crippen molar-refractivity contribution in [3.8, 4) is 0 Å². The van der Waals surface area contributed by atoms with Crippen LogP contribution in [0, 0.1) is 0 Å². The van der Waals surface area contributed by atoms with E-state index in [4.69, 9.17) is 22.9 Å². The summed E-state index contributed by atoms with van der Waals surface area (Å²) in [7, 11) is -5.17.